The van der Waals surface area contributed by atoms with E-state index in [0.717, 1.165) is 32.2 Å². The summed E-state index contributed by atoms with van der Waals surface area (Å²) in [5, 5.41) is 0. The Morgan fingerprint density at radius 1 is 1.16 bits per heavy atom. The average molecular weight is 344 g/mol. The van der Waals surface area contributed by atoms with Gasteiger partial charge in [-0.2, -0.15) is 0 Å². The number of rotatable bonds is 7. The lowest BCUT2D eigenvalue weighted by molar-refractivity contribution is -0.157. The van der Waals surface area contributed by atoms with Gasteiger partial charge in [0.05, 0.1) is 13.2 Å². The minimum atomic E-state index is -0.404. The number of piperidine rings is 1. The molecule has 0 spiro atoms. The van der Waals surface area contributed by atoms with Crippen LogP contribution in [0.4, 0.5) is 0 Å². The molecule has 1 aromatic rings. The van der Waals surface area contributed by atoms with Crippen LogP contribution in [0.1, 0.15) is 44.6 Å². The lowest BCUT2D eigenvalue weighted by atomic mass is 10.0. The maximum atomic E-state index is 12.9. The number of ether oxygens (including phenoxy) is 1. The van der Waals surface area contributed by atoms with Gasteiger partial charge in [-0.3, -0.25) is 9.69 Å². The van der Waals surface area contributed by atoms with E-state index in [0.29, 0.717) is 32.2 Å². The Morgan fingerprint density at radius 2 is 1.92 bits per heavy atom. The lowest BCUT2D eigenvalue weighted by Crippen LogP contribution is -2.51. The number of hydrogen-bond acceptors (Lipinski definition) is 4. The Kier molecular flexibility index (Phi) is 6.08. The van der Waals surface area contributed by atoms with Crippen molar-refractivity contribution in [1.82, 2.24) is 9.80 Å². The van der Waals surface area contributed by atoms with Crippen molar-refractivity contribution in [2.45, 2.75) is 57.7 Å². The van der Waals surface area contributed by atoms with Gasteiger partial charge in [-0.25, -0.2) is 4.79 Å². The molecule has 0 N–H and O–H groups in total. The maximum Gasteiger partial charge on any atom is 0.328 e. The van der Waals surface area contributed by atoms with Gasteiger partial charge in [0.1, 0.15) is 6.04 Å². The van der Waals surface area contributed by atoms with Crippen molar-refractivity contribution >= 4 is 11.9 Å². The van der Waals surface area contributed by atoms with Gasteiger partial charge < -0.3 is 9.64 Å². The van der Waals surface area contributed by atoms with E-state index in [1.54, 1.807) is 4.90 Å². The third-order valence-corrected chi connectivity index (χ3v) is 5.01. The summed E-state index contributed by atoms with van der Waals surface area (Å²) in [5.41, 5.74) is 1.22. The zero-order valence-corrected chi connectivity index (χ0v) is 15.0. The zero-order chi connectivity index (χ0) is 17.6. The van der Waals surface area contributed by atoms with Gasteiger partial charge in [0.25, 0.3) is 0 Å². The number of hydrogen-bond donors (Lipinski definition) is 0. The summed E-state index contributed by atoms with van der Waals surface area (Å²) >= 11 is 0. The molecule has 1 aliphatic heterocycles. The van der Waals surface area contributed by atoms with Gasteiger partial charge in [0.2, 0.25) is 5.91 Å². The van der Waals surface area contributed by atoms with Crippen LogP contribution in [0.3, 0.4) is 0 Å². The van der Waals surface area contributed by atoms with Crippen LogP contribution < -0.4 is 0 Å². The first-order valence-electron chi connectivity index (χ1n) is 9.43. The molecule has 1 heterocycles. The molecule has 0 aromatic heterocycles. The summed E-state index contributed by atoms with van der Waals surface area (Å²) < 4.78 is 5.18. The van der Waals surface area contributed by atoms with Crippen LogP contribution in [-0.2, 0) is 20.9 Å². The lowest BCUT2D eigenvalue weighted by Gasteiger charge is -2.35. The standard InChI is InChI=1S/C20H28N2O3/c1-2-25-20(24)18-10-6-7-13-22(18)19(23)15-21(17-11-12-17)14-16-8-4-3-5-9-16/h3-5,8-9,17-18H,2,6-7,10-15H2,1H3. The van der Waals surface area contributed by atoms with E-state index in [-0.39, 0.29) is 11.9 Å². The molecule has 1 aliphatic carbocycles. The molecule has 25 heavy (non-hydrogen) atoms. The fraction of sp³-hybridized carbons (Fsp3) is 0.600. The van der Waals surface area contributed by atoms with E-state index in [1.165, 1.54) is 5.56 Å². The quantitative estimate of drug-likeness (QED) is 0.714. The van der Waals surface area contributed by atoms with Gasteiger partial charge in [0.15, 0.2) is 0 Å². The topological polar surface area (TPSA) is 49.9 Å². The molecule has 1 saturated carbocycles. The Bertz CT molecular complexity index is 586. The van der Waals surface area contributed by atoms with E-state index in [1.807, 2.05) is 25.1 Å². The first kappa shape index (κ1) is 17.9. The van der Waals surface area contributed by atoms with Crippen LogP contribution in [0.15, 0.2) is 30.3 Å². The molecule has 1 amide bonds. The minimum Gasteiger partial charge on any atom is -0.464 e. The molecular formula is C20H28N2O3. The smallest absolute Gasteiger partial charge is 0.328 e. The third-order valence-electron chi connectivity index (χ3n) is 5.01. The van der Waals surface area contributed by atoms with Crippen molar-refractivity contribution in [1.29, 1.82) is 0 Å². The highest BCUT2D eigenvalue weighted by Gasteiger charge is 2.36. The second kappa shape index (κ2) is 8.48. The zero-order valence-electron chi connectivity index (χ0n) is 15.0. The largest absolute Gasteiger partial charge is 0.464 e. The molecule has 2 aliphatic rings. The van der Waals surface area contributed by atoms with Crippen molar-refractivity contribution < 1.29 is 14.3 Å². The van der Waals surface area contributed by atoms with E-state index in [2.05, 4.69) is 17.0 Å². The van der Waals surface area contributed by atoms with E-state index >= 15 is 0 Å². The number of amides is 1. The van der Waals surface area contributed by atoms with Crippen molar-refractivity contribution in [3.63, 3.8) is 0 Å². The summed E-state index contributed by atoms with van der Waals surface area (Å²) in [6.07, 6.45) is 4.96. The molecule has 5 heteroatoms. The number of benzene rings is 1. The van der Waals surface area contributed by atoms with Crippen LogP contribution in [0.5, 0.6) is 0 Å². The predicted octanol–water partition coefficient (Wildman–Crippen LogP) is 2.60. The Labute approximate surface area is 149 Å². The summed E-state index contributed by atoms with van der Waals surface area (Å²) in [6.45, 7) is 4.00. The highest BCUT2D eigenvalue weighted by atomic mass is 16.5. The summed E-state index contributed by atoms with van der Waals surface area (Å²) in [7, 11) is 0. The van der Waals surface area contributed by atoms with Crippen LogP contribution in [0.25, 0.3) is 0 Å². The molecule has 1 aromatic carbocycles. The highest BCUT2D eigenvalue weighted by molar-refractivity contribution is 5.85. The van der Waals surface area contributed by atoms with Crippen molar-refractivity contribution in [3.05, 3.63) is 35.9 Å². The van der Waals surface area contributed by atoms with Crippen molar-refractivity contribution in [3.8, 4) is 0 Å². The first-order chi connectivity index (χ1) is 12.2. The van der Waals surface area contributed by atoms with Crippen LogP contribution in [-0.4, -0.2) is 53.5 Å². The fourth-order valence-corrected chi connectivity index (χ4v) is 3.55. The number of nitrogens with zero attached hydrogens (tertiary/aromatic N) is 2. The Balaban J connectivity index is 1.64. The molecular weight excluding hydrogens is 316 g/mol. The fourth-order valence-electron chi connectivity index (χ4n) is 3.55. The van der Waals surface area contributed by atoms with E-state index in [4.69, 9.17) is 4.74 Å². The Hall–Kier alpha value is -1.88. The second-order valence-corrected chi connectivity index (χ2v) is 6.97. The SMILES string of the molecule is CCOC(=O)C1CCCCN1C(=O)CN(Cc1ccccc1)C1CC1. The van der Waals surface area contributed by atoms with Gasteiger partial charge >= 0.3 is 5.97 Å². The third kappa shape index (κ3) is 4.82. The number of carbonyl (C=O) groups excluding carboxylic acids is 2. The minimum absolute atomic E-state index is 0.0561. The molecule has 1 unspecified atom stereocenters. The molecule has 5 nitrogen and oxygen atoms in total. The van der Waals surface area contributed by atoms with Crippen LogP contribution in [0.2, 0.25) is 0 Å². The average Bonchev–Trinajstić information content (AvgIpc) is 3.47. The van der Waals surface area contributed by atoms with Crippen molar-refractivity contribution in [2.24, 2.45) is 0 Å². The number of likely N-dealkylation sites (tertiary alicyclic amines) is 1. The molecule has 3 rings (SSSR count). The van der Waals surface area contributed by atoms with Gasteiger partial charge in [-0.1, -0.05) is 30.3 Å². The predicted molar refractivity (Wildman–Crippen MR) is 95.9 cm³/mol. The monoisotopic (exact) mass is 344 g/mol. The molecule has 136 valence electrons. The number of esters is 1. The normalized spacial score (nSPS) is 20.6. The first-order valence-corrected chi connectivity index (χ1v) is 9.43. The van der Waals surface area contributed by atoms with Gasteiger partial charge in [-0.15, -0.1) is 0 Å². The van der Waals surface area contributed by atoms with Crippen LogP contribution >= 0.6 is 0 Å². The van der Waals surface area contributed by atoms with Crippen LogP contribution in [0, 0.1) is 0 Å². The highest BCUT2D eigenvalue weighted by Crippen LogP contribution is 2.29. The van der Waals surface area contributed by atoms with E-state index in [9.17, 15) is 9.59 Å². The maximum absolute atomic E-state index is 12.9. The summed E-state index contributed by atoms with van der Waals surface area (Å²) in [6, 6.07) is 10.4. The second-order valence-electron chi connectivity index (χ2n) is 6.97. The van der Waals surface area contributed by atoms with Gasteiger partial charge in [-0.05, 0) is 44.6 Å². The number of carbonyl (C=O) groups is 2. The van der Waals surface area contributed by atoms with Gasteiger partial charge in [0, 0.05) is 19.1 Å². The van der Waals surface area contributed by atoms with E-state index < -0.39 is 6.04 Å². The summed E-state index contributed by atoms with van der Waals surface area (Å²) in [5.74, 6) is -0.197. The summed E-state index contributed by atoms with van der Waals surface area (Å²) in [4.78, 5) is 29.1. The molecule has 0 radical (unpaired) electrons. The molecule has 2 fully saturated rings. The molecule has 1 atom stereocenters. The molecule has 0 bridgehead atoms. The van der Waals surface area contributed by atoms with Crippen molar-refractivity contribution in [2.75, 3.05) is 19.7 Å². The molecule has 1 saturated heterocycles. The Morgan fingerprint density at radius 3 is 2.60 bits per heavy atom.